The average molecular weight is 224 g/mol. The highest BCUT2D eigenvalue weighted by Gasteiger charge is 2.26. The lowest BCUT2D eigenvalue weighted by Crippen LogP contribution is -2.31. The summed E-state index contributed by atoms with van der Waals surface area (Å²) in [5.74, 6) is 2.40. The average Bonchev–Trinajstić information content (AvgIpc) is 2.60. The summed E-state index contributed by atoms with van der Waals surface area (Å²) >= 11 is 0. The smallest absolute Gasteiger partial charge is 0.0963 e. The number of amidine groups is 1. The van der Waals surface area contributed by atoms with Crippen LogP contribution in [0.15, 0.2) is 4.99 Å². The molecule has 1 aliphatic carbocycles. The molecule has 0 aromatic heterocycles. The summed E-state index contributed by atoms with van der Waals surface area (Å²) < 4.78 is 0. The quantitative estimate of drug-likeness (QED) is 0.769. The van der Waals surface area contributed by atoms with Crippen molar-refractivity contribution in [3.05, 3.63) is 0 Å². The van der Waals surface area contributed by atoms with Gasteiger partial charge in [0.1, 0.15) is 0 Å². The van der Waals surface area contributed by atoms with Crippen LogP contribution in [0.5, 0.6) is 0 Å². The van der Waals surface area contributed by atoms with Gasteiger partial charge in [-0.2, -0.15) is 0 Å². The third-order valence-corrected chi connectivity index (χ3v) is 3.99. The third kappa shape index (κ3) is 3.21. The van der Waals surface area contributed by atoms with Gasteiger partial charge >= 0.3 is 0 Å². The molecule has 2 N–H and O–H groups in total. The van der Waals surface area contributed by atoms with Crippen LogP contribution in [0.3, 0.4) is 0 Å². The maximum atomic E-state index is 9.26. The predicted octanol–water partition coefficient (Wildman–Crippen LogP) is 1.96. The summed E-state index contributed by atoms with van der Waals surface area (Å²) in [6, 6.07) is 0. The molecule has 0 amide bonds. The first kappa shape index (κ1) is 11.9. The van der Waals surface area contributed by atoms with Crippen molar-refractivity contribution in [3.63, 3.8) is 0 Å². The van der Waals surface area contributed by atoms with Gasteiger partial charge in [-0.3, -0.25) is 4.99 Å². The molecule has 92 valence electrons. The molecule has 1 fully saturated rings. The summed E-state index contributed by atoms with van der Waals surface area (Å²) in [6.45, 7) is 2.37. The van der Waals surface area contributed by atoms with Gasteiger partial charge in [0.25, 0.3) is 0 Å². The number of nitrogens with zero attached hydrogens (tertiary/aromatic N) is 1. The van der Waals surface area contributed by atoms with E-state index in [9.17, 15) is 5.11 Å². The minimum Gasteiger partial charge on any atom is -0.396 e. The number of nitrogens with one attached hydrogen (secondary N) is 1. The second-order valence-electron chi connectivity index (χ2n) is 5.15. The molecule has 2 rings (SSSR count). The van der Waals surface area contributed by atoms with Crippen molar-refractivity contribution in [2.75, 3.05) is 19.7 Å². The van der Waals surface area contributed by atoms with E-state index in [1.54, 1.807) is 0 Å². The van der Waals surface area contributed by atoms with Crippen LogP contribution in [0.4, 0.5) is 0 Å². The van der Waals surface area contributed by atoms with Gasteiger partial charge in [0, 0.05) is 26.1 Å². The van der Waals surface area contributed by atoms with E-state index in [0.29, 0.717) is 18.4 Å². The monoisotopic (exact) mass is 224 g/mol. The van der Waals surface area contributed by atoms with E-state index in [1.165, 1.54) is 44.4 Å². The van der Waals surface area contributed by atoms with Crippen LogP contribution in [0.2, 0.25) is 0 Å². The molecular weight excluding hydrogens is 200 g/mol. The Kier molecular flexibility index (Phi) is 4.64. The minimum absolute atomic E-state index is 0.360. The summed E-state index contributed by atoms with van der Waals surface area (Å²) in [5.41, 5.74) is 0. The fourth-order valence-electron chi connectivity index (χ4n) is 2.89. The molecule has 0 radical (unpaired) electrons. The summed E-state index contributed by atoms with van der Waals surface area (Å²) in [6.07, 6.45) is 8.71. The molecule has 0 aromatic carbocycles. The SMILES string of the molecule is OCC1CCCC1CNC1=NCCCCC1. The third-order valence-electron chi connectivity index (χ3n) is 3.99. The van der Waals surface area contributed by atoms with E-state index in [4.69, 9.17) is 0 Å². The molecule has 1 heterocycles. The molecule has 2 atom stereocenters. The van der Waals surface area contributed by atoms with E-state index in [1.807, 2.05) is 0 Å². The van der Waals surface area contributed by atoms with Gasteiger partial charge < -0.3 is 10.4 Å². The zero-order valence-electron chi connectivity index (χ0n) is 10.1. The molecule has 0 bridgehead atoms. The van der Waals surface area contributed by atoms with E-state index >= 15 is 0 Å². The van der Waals surface area contributed by atoms with E-state index < -0.39 is 0 Å². The van der Waals surface area contributed by atoms with Crippen LogP contribution in [0.25, 0.3) is 0 Å². The largest absolute Gasteiger partial charge is 0.396 e. The Bertz CT molecular complexity index is 240. The Morgan fingerprint density at radius 3 is 2.88 bits per heavy atom. The Morgan fingerprint density at radius 1 is 1.12 bits per heavy atom. The van der Waals surface area contributed by atoms with Gasteiger partial charge in [0.05, 0.1) is 5.84 Å². The second-order valence-corrected chi connectivity index (χ2v) is 5.15. The van der Waals surface area contributed by atoms with Crippen molar-refractivity contribution in [3.8, 4) is 0 Å². The molecule has 0 spiro atoms. The number of aliphatic imine (C=N–C) groups is 1. The lowest BCUT2D eigenvalue weighted by atomic mass is 9.97. The van der Waals surface area contributed by atoms with Crippen molar-refractivity contribution in [1.82, 2.24) is 5.32 Å². The Hall–Kier alpha value is -0.570. The molecule has 2 aliphatic rings. The topological polar surface area (TPSA) is 44.6 Å². The fraction of sp³-hybridized carbons (Fsp3) is 0.923. The maximum Gasteiger partial charge on any atom is 0.0963 e. The molecule has 0 aromatic rings. The Morgan fingerprint density at radius 2 is 2.00 bits per heavy atom. The van der Waals surface area contributed by atoms with Crippen LogP contribution in [0.1, 0.15) is 44.9 Å². The van der Waals surface area contributed by atoms with Crippen molar-refractivity contribution in [1.29, 1.82) is 0 Å². The van der Waals surface area contributed by atoms with E-state index in [-0.39, 0.29) is 0 Å². The lowest BCUT2D eigenvalue weighted by molar-refractivity contribution is 0.195. The molecule has 3 nitrogen and oxygen atoms in total. The maximum absolute atomic E-state index is 9.26. The summed E-state index contributed by atoms with van der Waals surface area (Å²) in [5, 5.41) is 12.8. The first-order chi connectivity index (χ1) is 7.90. The molecular formula is C13H24N2O. The van der Waals surface area contributed by atoms with Gasteiger partial charge in [-0.15, -0.1) is 0 Å². The standard InChI is InChI=1S/C13H24N2O/c16-10-12-6-4-5-11(12)9-15-13-7-2-1-3-8-14-13/h11-12,16H,1-10H2,(H,14,15). The highest BCUT2D eigenvalue weighted by atomic mass is 16.3. The number of hydrogen-bond donors (Lipinski definition) is 2. The van der Waals surface area contributed by atoms with Crippen LogP contribution < -0.4 is 5.32 Å². The highest BCUT2D eigenvalue weighted by molar-refractivity contribution is 5.82. The number of rotatable bonds is 3. The Labute approximate surface area is 98.3 Å². The second kappa shape index (κ2) is 6.24. The van der Waals surface area contributed by atoms with Gasteiger partial charge in [-0.1, -0.05) is 12.8 Å². The van der Waals surface area contributed by atoms with Crippen LogP contribution in [-0.4, -0.2) is 30.6 Å². The first-order valence-corrected chi connectivity index (χ1v) is 6.78. The number of hydrogen-bond acceptors (Lipinski definition) is 3. The normalized spacial score (nSPS) is 30.9. The van der Waals surface area contributed by atoms with Gasteiger partial charge in [-0.05, 0) is 37.5 Å². The predicted molar refractivity (Wildman–Crippen MR) is 66.7 cm³/mol. The molecule has 2 unspecified atom stereocenters. The summed E-state index contributed by atoms with van der Waals surface area (Å²) in [7, 11) is 0. The van der Waals surface area contributed by atoms with E-state index in [2.05, 4.69) is 10.3 Å². The van der Waals surface area contributed by atoms with Crippen LogP contribution >= 0.6 is 0 Å². The molecule has 1 aliphatic heterocycles. The number of aliphatic hydroxyl groups excluding tert-OH is 1. The number of aliphatic hydroxyl groups is 1. The van der Waals surface area contributed by atoms with E-state index in [0.717, 1.165) is 19.5 Å². The zero-order chi connectivity index (χ0) is 11.2. The molecule has 0 saturated heterocycles. The minimum atomic E-state index is 0.360. The van der Waals surface area contributed by atoms with Gasteiger partial charge in [-0.25, -0.2) is 0 Å². The Balaban J connectivity index is 1.75. The molecule has 3 heteroatoms. The van der Waals surface area contributed by atoms with Crippen molar-refractivity contribution in [2.24, 2.45) is 16.8 Å². The summed E-state index contributed by atoms with van der Waals surface area (Å²) in [4.78, 5) is 4.58. The first-order valence-electron chi connectivity index (χ1n) is 6.78. The van der Waals surface area contributed by atoms with Crippen LogP contribution in [-0.2, 0) is 0 Å². The van der Waals surface area contributed by atoms with Gasteiger partial charge in [0.2, 0.25) is 0 Å². The van der Waals surface area contributed by atoms with Crippen molar-refractivity contribution >= 4 is 5.84 Å². The molecule has 1 saturated carbocycles. The fourth-order valence-corrected chi connectivity index (χ4v) is 2.89. The molecule has 16 heavy (non-hydrogen) atoms. The zero-order valence-corrected chi connectivity index (χ0v) is 10.1. The highest BCUT2D eigenvalue weighted by Crippen LogP contribution is 2.30. The lowest BCUT2D eigenvalue weighted by Gasteiger charge is -2.19. The van der Waals surface area contributed by atoms with Crippen LogP contribution in [0, 0.1) is 11.8 Å². The van der Waals surface area contributed by atoms with Crippen molar-refractivity contribution < 1.29 is 5.11 Å². The van der Waals surface area contributed by atoms with Gasteiger partial charge in [0.15, 0.2) is 0 Å². The van der Waals surface area contributed by atoms with Crippen molar-refractivity contribution in [2.45, 2.75) is 44.9 Å².